The number of aromatic amines is 2. The quantitative estimate of drug-likeness (QED) is 0.190. The second-order valence-electron chi connectivity index (χ2n) is 8.34. The Morgan fingerprint density at radius 1 is 0.974 bits per heavy atom. The third kappa shape index (κ3) is 5.23. The molecular weight excluding hydrogens is 554 g/mol. The molecule has 2 amide bonds. The van der Waals surface area contributed by atoms with Crippen molar-refractivity contribution in [1.82, 2.24) is 15.1 Å². The fourth-order valence-electron chi connectivity index (χ4n) is 3.92. The Morgan fingerprint density at radius 2 is 1.79 bits per heavy atom. The Labute approximate surface area is 224 Å². The monoisotopic (exact) mass is 575 g/mol. The number of amides is 2. The number of carbonyl (C=O) groups is 2. The zero-order chi connectivity index (χ0) is 26.6. The van der Waals surface area contributed by atoms with Gasteiger partial charge in [0.15, 0.2) is 5.82 Å². The Balaban J connectivity index is 1.41. The van der Waals surface area contributed by atoms with Crippen LogP contribution in [0.2, 0.25) is 0 Å². The summed E-state index contributed by atoms with van der Waals surface area (Å²) in [7, 11) is 0. The van der Waals surface area contributed by atoms with E-state index in [1.807, 2.05) is 19.1 Å². The van der Waals surface area contributed by atoms with Gasteiger partial charge in [0, 0.05) is 15.4 Å². The molecule has 0 radical (unpaired) electrons. The number of H-pyrrole nitrogens is 2. The molecule has 0 atom stereocenters. The molecule has 2 heterocycles. The molecule has 5 aromatic rings. The van der Waals surface area contributed by atoms with Crippen molar-refractivity contribution in [3.05, 3.63) is 93.0 Å². The number of aromatic nitrogens is 3. The molecule has 5 rings (SSSR count). The molecular formula is C27H22BrN5O5. The molecule has 0 aliphatic rings. The number of ether oxygens (including phenoxy) is 1. The molecule has 0 saturated heterocycles. The SMILES string of the molecule is CCCOc1ccccc1C(=O)Nc1cccc2cc(C(=O)Nc3ccc(Br)cc3-c3noc(=O)[nH]3)[nH]c12. The summed E-state index contributed by atoms with van der Waals surface area (Å²) in [5.74, 6) is -0.778. The number of halogens is 1. The van der Waals surface area contributed by atoms with Gasteiger partial charge in [-0.3, -0.25) is 19.1 Å². The summed E-state index contributed by atoms with van der Waals surface area (Å²) in [6.45, 7) is 2.50. The minimum Gasteiger partial charge on any atom is -0.493 e. The smallest absolute Gasteiger partial charge is 0.439 e. The molecule has 10 nitrogen and oxygen atoms in total. The van der Waals surface area contributed by atoms with Crippen LogP contribution in [0.3, 0.4) is 0 Å². The van der Waals surface area contributed by atoms with Crippen LogP contribution in [0, 0.1) is 0 Å². The number of nitrogens with zero attached hydrogens (tertiary/aromatic N) is 1. The van der Waals surface area contributed by atoms with E-state index in [2.05, 4.69) is 46.2 Å². The normalized spacial score (nSPS) is 10.9. The van der Waals surface area contributed by atoms with E-state index >= 15 is 0 Å². The Hall–Kier alpha value is -4.64. The highest BCUT2D eigenvalue weighted by Crippen LogP contribution is 2.30. The molecule has 11 heteroatoms. The maximum Gasteiger partial charge on any atom is 0.439 e. The van der Waals surface area contributed by atoms with Crippen molar-refractivity contribution in [2.45, 2.75) is 13.3 Å². The number of fused-ring (bicyclic) bond motifs is 1. The standard InChI is InChI=1S/C27H22BrN5O5/c1-2-12-37-22-9-4-3-7-17(22)25(34)31-20-8-5-6-15-13-21(29-23(15)20)26(35)30-19-11-10-16(28)14-18(19)24-32-27(36)38-33-24/h3-11,13-14,29H,2,12H2,1H3,(H,30,35)(H,31,34)(H,32,33,36). The van der Waals surface area contributed by atoms with Crippen LogP contribution in [0.15, 0.2) is 80.5 Å². The largest absolute Gasteiger partial charge is 0.493 e. The van der Waals surface area contributed by atoms with Crippen molar-refractivity contribution < 1.29 is 18.8 Å². The summed E-state index contributed by atoms with van der Waals surface area (Å²) in [6.07, 6.45) is 0.820. The first kappa shape index (κ1) is 25.0. The second-order valence-corrected chi connectivity index (χ2v) is 9.25. The van der Waals surface area contributed by atoms with Crippen LogP contribution >= 0.6 is 15.9 Å². The van der Waals surface area contributed by atoms with Crippen molar-refractivity contribution >= 4 is 50.0 Å². The molecule has 0 bridgehead atoms. The number of hydrogen-bond donors (Lipinski definition) is 4. The predicted molar refractivity (Wildman–Crippen MR) is 147 cm³/mol. The molecule has 38 heavy (non-hydrogen) atoms. The van der Waals surface area contributed by atoms with Crippen molar-refractivity contribution in [3.8, 4) is 17.1 Å². The average Bonchev–Trinajstić information content (AvgIpc) is 3.55. The van der Waals surface area contributed by atoms with Gasteiger partial charge < -0.3 is 20.4 Å². The van der Waals surface area contributed by atoms with Gasteiger partial charge in [0.05, 0.1) is 29.1 Å². The molecule has 0 aliphatic carbocycles. The molecule has 0 saturated carbocycles. The van der Waals surface area contributed by atoms with Gasteiger partial charge in [-0.25, -0.2) is 4.79 Å². The molecule has 3 aromatic carbocycles. The summed E-state index contributed by atoms with van der Waals surface area (Å²) in [4.78, 5) is 43.3. The van der Waals surface area contributed by atoms with Crippen LogP contribution in [-0.4, -0.2) is 33.5 Å². The summed E-state index contributed by atoms with van der Waals surface area (Å²) in [5.41, 5.74) is 2.67. The van der Waals surface area contributed by atoms with Crippen LogP contribution in [-0.2, 0) is 0 Å². The molecule has 0 unspecified atom stereocenters. The molecule has 0 aliphatic heterocycles. The molecule has 0 fully saturated rings. The highest BCUT2D eigenvalue weighted by molar-refractivity contribution is 9.10. The minimum atomic E-state index is -0.706. The fourth-order valence-corrected chi connectivity index (χ4v) is 4.28. The summed E-state index contributed by atoms with van der Waals surface area (Å²) >= 11 is 3.38. The van der Waals surface area contributed by atoms with E-state index in [0.717, 1.165) is 16.3 Å². The van der Waals surface area contributed by atoms with Gasteiger partial charge >= 0.3 is 5.76 Å². The van der Waals surface area contributed by atoms with Gasteiger partial charge in [-0.1, -0.05) is 52.3 Å². The molecule has 192 valence electrons. The highest BCUT2D eigenvalue weighted by Gasteiger charge is 2.18. The van der Waals surface area contributed by atoms with Gasteiger partial charge in [-0.05, 0) is 48.9 Å². The maximum absolute atomic E-state index is 13.2. The van der Waals surface area contributed by atoms with E-state index in [0.29, 0.717) is 40.4 Å². The van der Waals surface area contributed by atoms with Crippen LogP contribution in [0.4, 0.5) is 11.4 Å². The van der Waals surface area contributed by atoms with Gasteiger partial charge in [0.25, 0.3) is 11.8 Å². The molecule has 4 N–H and O–H groups in total. The van der Waals surface area contributed by atoms with E-state index in [4.69, 9.17) is 4.74 Å². The summed E-state index contributed by atoms with van der Waals surface area (Å²) < 4.78 is 11.1. The van der Waals surface area contributed by atoms with Crippen molar-refractivity contribution in [1.29, 1.82) is 0 Å². The summed E-state index contributed by atoms with van der Waals surface area (Å²) in [6, 6.07) is 19.2. The number of hydrogen-bond acceptors (Lipinski definition) is 6. The van der Waals surface area contributed by atoms with Crippen molar-refractivity contribution in [2.24, 2.45) is 0 Å². The third-order valence-corrected chi connectivity index (χ3v) is 6.16. The number of benzene rings is 3. The van der Waals surface area contributed by atoms with Gasteiger partial charge in [0.2, 0.25) is 0 Å². The molecule has 0 spiro atoms. The predicted octanol–water partition coefficient (Wildman–Crippen LogP) is 5.57. The lowest BCUT2D eigenvalue weighted by atomic mass is 10.1. The topological polar surface area (TPSA) is 142 Å². The lowest BCUT2D eigenvalue weighted by Crippen LogP contribution is -2.14. The van der Waals surface area contributed by atoms with E-state index in [-0.39, 0.29) is 17.4 Å². The van der Waals surface area contributed by atoms with Crippen molar-refractivity contribution in [2.75, 3.05) is 17.2 Å². The first-order chi connectivity index (χ1) is 18.4. The number of nitrogens with one attached hydrogen (secondary N) is 4. The average molecular weight is 576 g/mol. The highest BCUT2D eigenvalue weighted by atomic mass is 79.9. The number of carbonyl (C=O) groups excluding carboxylic acids is 2. The lowest BCUT2D eigenvalue weighted by Gasteiger charge is -2.11. The van der Waals surface area contributed by atoms with Crippen LogP contribution in [0.5, 0.6) is 5.75 Å². The zero-order valence-corrected chi connectivity index (χ0v) is 21.7. The first-order valence-electron chi connectivity index (χ1n) is 11.7. The van der Waals surface area contributed by atoms with Crippen LogP contribution in [0.1, 0.15) is 34.2 Å². The van der Waals surface area contributed by atoms with Gasteiger partial charge in [0.1, 0.15) is 11.4 Å². The van der Waals surface area contributed by atoms with E-state index in [1.165, 1.54) is 0 Å². The third-order valence-electron chi connectivity index (χ3n) is 5.67. The van der Waals surface area contributed by atoms with Crippen LogP contribution < -0.4 is 21.1 Å². The summed E-state index contributed by atoms with van der Waals surface area (Å²) in [5, 5.41) is 10.2. The van der Waals surface area contributed by atoms with Gasteiger partial charge in [-0.2, -0.15) is 0 Å². The number of para-hydroxylation sites is 2. The van der Waals surface area contributed by atoms with Crippen molar-refractivity contribution in [3.63, 3.8) is 0 Å². The minimum absolute atomic E-state index is 0.177. The van der Waals surface area contributed by atoms with Gasteiger partial charge in [-0.15, -0.1) is 0 Å². The molecule has 2 aromatic heterocycles. The van der Waals surface area contributed by atoms with Crippen LogP contribution in [0.25, 0.3) is 22.3 Å². The second kappa shape index (κ2) is 10.8. The Bertz CT molecular complexity index is 1700. The van der Waals surface area contributed by atoms with E-state index < -0.39 is 11.7 Å². The Kier molecular flexibility index (Phi) is 7.09. The Morgan fingerprint density at radius 3 is 2.58 bits per heavy atom. The first-order valence-corrected chi connectivity index (χ1v) is 12.5. The fraction of sp³-hybridized carbons (Fsp3) is 0.111. The lowest BCUT2D eigenvalue weighted by molar-refractivity contribution is 0.101. The zero-order valence-electron chi connectivity index (χ0n) is 20.1. The maximum atomic E-state index is 13.2. The number of rotatable bonds is 8. The van der Waals surface area contributed by atoms with E-state index in [9.17, 15) is 14.4 Å². The number of anilines is 2. The van der Waals surface area contributed by atoms with E-state index in [1.54, 1.807) is 54.6 Å².